The fraction of sp³-hybridized carbons (Fsp3) is 0.647. The summed E-state index contributed by atoms with van der Waals surface area (Å²) in [7, 11) is -3.47. The molecule has 0 radical (unpaired) electrons. The summed E-state index contributed by atoms with van der Waals surface area (Å²) in [5.41, 5.74) is -0.785. The summed E-state index contributed by atoms with van der Waals surface area (Å²) < 4.78 is 32.3. The molecule has 1 heterocycles. The van der Waals surface area contributed by atoms with Crippen molar-refractivity contribution in [2.45, 2.75) is 37.4 Å². The van der Waals surface area contributed by atoms with Gasteiger partial charge in [-0.25, -0.2) is 13.1 Å². The highest BCUT2D eigenvalue weighted by atomic mass is 32.2. The van der Waals surface area contributed by atoms with Crippen molar-refractivity contribution in [3.63, 3.8) is 0 Å². The Morgan fingerprint density at radius 2 is 1.88 bits per heavy atom. The molecule has 8 heteroatoms. The second-order valence-electron chi connectivity index (χ2n) is 6.74. The molecule has 1 aromatic rings. The maximum Gasteiger partial charge on any atom is 0.240 e. The molecule has 7 nitrogen and oxygen atoms in total. The molecular formula is C17H29N3O4S. The first-order valence-corrected chi connectivity index (χ1v) is 10.1. The average Bonchev–Trinajstić information content (AvgIpc) is 2.56. The van der Waals surface area contributed by atoms with Crippen molar-refractivity contribution in [2.24, 2.45) is 0 Å². The zero-order valence-corrected chi connectivity index (χ0v) is 16.0. The summed E-state index contributed by atoms with van der Waals surface area (Å²) >= 11 is 0. The largest absolute Gasteiger partial charge is 0.485 e. The van der Waals surface area contributed by atoms with E-state index < -0.39 is 21.7 Å². The lowest BCUT2D eigenvalue weighted by Gasteiger charge is -2.36. The Bertz CT molecular complexity index is 640. The number of hydrogen-bond donors (Lipinski definition) is 3. The summed E-state index contributed by atoms with van der Waals surface area (Å²) in [6.45, 7) is 9.96. The smallest absolute Gasteiger partial charge is 0.240 e. The van der Waals surface area contributed by atoms with Gasteiger partial charge in [0, 0.05) is 39.3 Å². The summed E-state index contributed by atoms with van der Waals surface area (Å²) in [6, 6.07) is 6.24. The summed E-state index contributed by atoms with van der Waals surface area (Å²) in [6.07, 6.45) is -0.657. The molecule has 0 spiro atoms. The van der Waals surface area contributed by atoms with Crippen molar-refractivity contribution in [3.05, 3.63) is 24.3 Å². The van der Waals surface area contributed by atoms with Crippen LogP contribution in [0.5, 0.6) is 5.75 Å². The monoisotopic (exact) mass is 371 g/mol. The fourth-order valence-electron chi connectivity index (χ4n) is 2.69. The van der Waals surface area contributed by atoms with Gasteiger partial charge >= 0.3 is 0 Å². The van der Waals surface area contributed by atoms with E-state index in [-0.39, 0.29) is 4.90 Å². The number of rotatable bonds is 8. The number of benzene rings is 1. The Morgan fingerprint density at radius 1 is 1.28 bits per heavy atom. The number of piperazine rings is 1. The molecule has 0 bridgehead atoms. The van der Waals surface area contributed by atoms with E-state index in [1.165, 1.54) is 12.1 Å². The van der Waals surface area contributed by atoms with E-state index in [4.69, 9.17) is 4.74 Å². The Balaban J connectivity index is 1.99. The number of β-amino-alcohol motifs (C(OH)–C–C–N with tert-alkyl or cyclic N) is 1. The Hall–Kier alpha value is -1.19. The fourth-order valence-corrected chi connectivity index (χ4v) is 3.73. The maximum absolute atomic E-state index is 12.0. The van der Waals surface area contributed by atoms with Gasteiger partial charge in [-0.3, -0.25) is 4.90 Å². The topological polar surface area (TPSA) is 90.9 Å². The van der Waals surface area contributed by atoms with E-state index in [2.05, 4.69) is 14.9 Å². The molecule has 0 amide bonds. The van der Waals surface area contributed by atoms with Gasteiger partial charge in [0.2, 0.25) is 10.0 Å². The molecule has 142 valence electrons. The molecule has 1 unspecified atom stereocenters. The van der Waals surface area contributed by atoms with E-state index >= 15 is 0 Å². The predicted octanol–water partition coefficient (Wildman–Crippen LogP) is 0.408. The van der Waals surface area contributed by atoms with Gasteiger partial charge in [0.1, 0.15) is 17.5 Å². The van der Waals surface area contributed by atoms with Crippen LogP contribution in [0.4, 0.5) is 0 Å². The van der Waals surface area contributed by atoms with Crippen molar-refractivity contribution in [1.29, 1.82) is 0 Å². The zero-order valence-electron chi connectivity index (χ0n) is 15.2. The zero-order chi connectivity index (χ0) is 18.5. The third kappa shape index (κ3) is 5.65. The van der Waals surface area contributed by atoms with Crippen molar-refractivity contribution in [2.75, 3.05) is 39.3 Å². The summed E-state index contributed by atoms with van der Waals surface area (Å²) in [5.74, 6) is 0.528. The van der Waals surface area contributed by atoms with Gasteiger partial charge in [-0.2, -0.15) is 0 Å². The second-order valence-corrected chi connectivity index (χ2v) is 8.51. The number of nitrogens with one attached hydrogen (secondary N) is 2. The lowest BCUT2D eigenvalue weighted by Crippen LogP contribution is -2.52. The lowest BCUT2D eigenvalue weighted by atomic mass is 10.0. The van der Waals surface area contributed by atoms with Crippen LogP contribution in [0, 0.1) is 0 Å². The molecule has 0 saturated carbocycles. The minimum Gasteiger partial charge on any atom is -0.485 e. The number of ether oxygens (including phenoxy) is 1. The van der Waals surface area contributed by atoms with E-state index in [9.17, 15) is 13.5 Å². The molecule has 1 aliphatic rings. The van der Waals surface area contributed by atoms with Crippen LogP contribution in [0.25, 0.3) is 0 Å². The number of sulfonamides is 1. The van der Waals surface area contributed by atoms with E-state index in [0.29, 0.717) is 18.8 Å². The third-order valence-corrected chi connectivity index (χ3v) is 5.85. The van der Waals surface area contributed by atoms with Crippen LogP contribution in [-0.2, 0) is 10.0 Å². The van der Waals surface area contributed by atoms with Crippen LogP contribution in [-0.4, -0.2) is 69.4 Å². The summed E-state index contributed by atoms with van der Waals surface area (Å²) in [5, 5.41) is 13.8. The number of nitrogens with zero attached hydrogens (tertiary/aromatic N) is 1. The molecule has 2 rings (SSSR count). The summed E-state index contributed by atoms with van der Waals surface area (Å²) in [4.78, 5) is 2.40. The van der Waals surface area contributed by atoms with Crippen LogP contribution < -0.4 is 14.8 Å². The van der Waals surface area contributed by atoms with E-state index in [0.717, 1.165) is 26.2 Å². The van der Waals surface area contributed by atoms with E-state index in [1.54, 1.807) is 19.1 Å². The highest BCUT2D eigenvalue weighted by molar-refractivity contribution is 7.89. The van der Waals surface area contributed by atoms with Crippen molar-refractivity contribution >= 4 is 10.0 Å². The highest BCUT2D eigenvalue weighted by Gasteiger charge is 2.32. The van der Waals surface area contributed by atoms with Crippen LogP contribution in [0.15, 0.2) is 29.2 Å². The van der Waals surface area contributed by atoms with Gasteiger partial charge in [-0.1, -0.05) is 6.92 Å². The van der Waals surface area contributed by atoms with Gasteiger partial charge in [0.25, 0.3) is 0 Å². The first kappa shape index (κ1) is 20.1. The predicted molar refractivity (Wildman–Crippen MR) is 97.3 cm³/mol. The standard InChI is InChI=1S/C17H29N3O4S/c1-4-19-25(22,23)15-7-5-14(6-8-15)24-17(2,3)16(21)13-20-11-9-18-10-12-20/h5-8,16,18-19,21H,4,9-13H2,1-3H3. The van der Waals surface area contributed by atoms with Crippen LogP contribution in [0.3, 0.4) is 0 Å². The molecule has 1 atom stereocenters. The minimum atomic E-state index is -3.47. The molecule has 0 aliphatic carbocycles. The Labute approximate surface area is 150 Å². The number of aliphatic hydroxyl groups excluding tert-OH is 1. The van der Waals surface area contributed by atoms with Crippen LogP contribution >= 0.6 is 0 Å². The van der Waals surface area contributed by atoms with Gasteiger partial charge in [0.05, 0.1) is 4.90 Å². The molecule has 1 aromatic carbocycles. The van der Waals surface area contributed by atoms with Gasteiger partial charge < -0.3 is 15.2 Å². The third-order valence-electron chi connectivity index (χ3n) is 4.29. The molecule has 1 aliphatic heterocycles. The molecule has 1 saturated heterocycles. The van der Waals surface area contributed by atoms with Crippen molar-refractivity contribution in [1.82, 2.24) is 14.9 Å². The van der Waals surface area contributed by atoms with Gasteiger partial charge in [-0.05, 0) is 38.1 Å². The van der Waals surface area contributed by atoms with Crippen molar-refractivity contribution in [3.8, 4) is 5.75 Å². The normalized spacial score (nSPS) is 18.1. The SMILES string of the molecule is CCNS(=O)(=O)c1ccc(OC(C)(C)C(O)CN2CCNCC2)cc1. The molecule has 1 fully saturated rings. The first-order chi connectivity index (χ1) is 11.7. The van der Waals surface area contributed by atoms with Gasteiger partial charge in [0.15, 0.2) is 0 Å². The maximum atomic E-state index is 12.0. The van der Waals surface area contributed by atoms with Crippen molar-refractivity contribution < 1.29 is 18.3 Å². The van der Waals surface area contributed by atoms with Crippen LogP contribution in [0.1, 0.15) is 20.8 Å². The quantitative estimate of drug-likeness (QED) is 0.613. The van der Waals surface area contributed by atoms with Crippen LogP contribution in [0.2, 0.25) is 0 Å². The average molecular weight is 372 g/mol. The minimum absolute atomic E-state index is 0.195. The molecule has 0 aromatic heterocycles. The Morgan fingerprint density at radius 3 is 2.44 bits per heavy atom. The molecular weight excluding hydrogens is 342 g/mol. The Kier molecular flexibility index (Phi) is 6.81. The molecule has 3 N–H and O–H groups in total. The lowest BCUT2D eigenvalue weighted by molar-refractivity contribution is -0.0456. The second kappa shape index (κ2) is 8.46. The number of hydrogen-bond acceptors (Lipinski definition) is 6. The number of aliphatic hydroxyl groups is 1. The van der Waals surface area contributed by atoms with E-state index in [1.807, 2.05) is 13.8 Å². The highest BCUT2D eigenvalue weighted by Crippen LogP contribution is 2.23. The van der Waals surface area contributed by atoms with Gasteiger partial charge in [-0.15, -0.1) is 0 Å². The molecule has 25 heavy (non-hydrogen) atoms. The first-order valence-electron chi connectivity index (χ1n) is 8.64.